The average molecular weight is 400 g/mol. The maximum absolute atomic E-state index is 12.1. The molecule has 2 rings (SSSR count). The van der Waals surface area contributed by atoms with Crippen LogP contribution >= 0.6 is 33.9 Å². The number of carbonyl (C=O) groups is 2. The summed E-state index contributed by atoms with van der Waals surface area (Å²) in [5.74, 6) is -0.344. The minimum Gasteiger partial charge on any atom is -0.345 e. The van der Waals surface area contributed by atoms with Gasteiger partial charge in [0.15, 0.2) is 0 Å². The molecule has 4 nitrogen and oxygen atoms in total. The maximum atomic E-state index is 12.1. The summed E-state index contributed by atoms with van der Waals surface area (Å²) in [7, 11) is 3.37. The van der Waals surface area contributed by atoms with Crippen LogP contribution in [0, 0.1) is 2.88 Å². The van der Waals surface area contributed by atoms with Gasteiger partial charge in [-0.1, -0.05) is 12.1 Å². The SMILES string of the molecule is CN(C)C(=O)c1ccccc1NC(=O)c1csc(I)c1. The number of anilines is 1. The van der Waals surface area contributed by atoms with Gasteiger partial charge < -0.3 is 10.2 Å². The molecule has 0 bridgehead atoms. The van der Waals surface area contributed by atoms with Gasteiger partial charge in [0.25, 0.3) is 11.8 Å². The molecular formula is C14H13IN2O2S. The van der Waals surface area contributed by atoms with Crippen LogP contribution in [0.5, 0.6) is 0 Å². The van der Waals surface area contributed by atoms with Gasteiger partial charge in [0.1, 0.15) is 0 Å². The van der Waals surface area contributed by atoms with E-state index in [1.807, 2.05) is 6.07 Å². The van der Waals surface area contributed by atoms with Gasteiger partial charge >= 0.3 is 0 Å². The lowest BCUT2D eigenvalue weighted by molar-refractivity contribution is 0.0828. The number of thiophene rings is 1. The van der Waals surface area contributed by atoms with Crippen molar-refractivity contribution in [3.05, 3.63) is 49.7 Å². The van der Waals surface area contributed by atoms with Crippen molar-refractivity contribution >= 4 is 51.4 Å². The van der Waals surface area contributed by atoms with Crippen LogP contribution in [0.25, 0.3) is 0 Å². The minimum absolute atomic E-state index is 0.138. The molecule has 0 aliphatic rings. The fourth-order valence-electron chi connectivity index (χ4n) is 1.64. The molecule has 0 radical (unpaired) electrons. The van der Waals surface area contributed by atoms with E-state index in [9.17, 15) is 9.59 Å². The van der Waals surface area contributed by atoms with Crippen molar-refractivity contribution < 1.29 is 9.59 Å². The molecule has 0 unspecified atom stereocenters. The predicted molar refractivity (Wildman–Crippen MR) is 89.4 cm³/mol. The highest BCUT2D eigenvalue weighted by Gasteiger charge is 2.15. The summed E-state index contributed by atoms with van der Waals surface area (Å²) in [5.41, 5.74) is 1.61. The molecular weight excluding hydrogens is 387 g/mol. The molecule has 1 aromatic carbocycles. The van der Waals surface area contributed by atoms with Gasteiger partial charge in [-0.25, -0.2) is 0 Å². The van der Waals surface area contributed by atoms with Crippen molar-refractivity contribution in [2.45, 2.75) is 0 Å². The van der Waals surface area contributed by atoms with Crippen molar-refractivity contribution in [2.75, 3.05) is 19.4 Å². The van der Waals surface area contributed by atoms with Gasteiger partial charge in [0, 0.05) is 19.5 Å². The monoisotopic (exact) mass is 400 g/mol. The molecule has 0 spiro atoms. The Hall–Kier alpha value is -1.41. The Morgan fingerprint density at radius 1 is 1.25 bits per heavy atom. The molecule has 2 amide bonds. The number of halogens is 1. The number of amides is 2. The third kappa shape index (κ3) is 3.37. The Morgan fingerprint density at radius 3 is 2.55 bits per heavy atom. The van der Waals surface area contributed by atoms with Crippen molar-refractivity contribution in [1.82, 2.24) is 4.90 Å². The van der Waals surface area contributed by atoms with E-state index in [1.165, 1.54) is 16.2 Å². The summed E-state index contributed by atoms with van der Waals surface area (Å²) < 4.78 is 1.05. The number of benzene rings is 1. The Labute approximate surface area is 134 Å². The fraction of sp³-hybridized carbons (Fsp3) is 0.143. The van der Waals surface area contributed by atoms with Crippen LogP contribution in [0.4, 0.5) is 5.69 Å². The smallest absolute Gasteiger partial charge is 0.256 e. The van der Waals surface area contributed by atoms with Crippen molar-refractivity contribution in [3.63, 3.8) is 0 Å². The number of para-hydroxylation sites is 1. The zero-order valence-electron chi connectivity index (χ0n) is 11.0. The molecule has 0 aliphatic carbocycles. The quantitative estimate of drug-likeness (QED) is 0.804. The number of rotatable bonds is 3. The van der Waals surface area contributed by atoms with E-state index >= 15 is 0 Å². The summed E-state index contributed by atoms with van der Waals surface area (Å²) in [6, 6.07) is 8.82. The van der Waals surface area contributed by atoms with E-state index in [0.29, 0.717) is 16.8 Å². The van der Waals surface area contributed by atoms with Gasteiger partial charge in [0.05, 0.1) is 19.7 Å². The van der Waals surface area contributed by atoms with E-state index in [4.69, 9.17) is 0 Å². The first-order valence-electron chi connectivity index (χ1n) is 5.85. The van der Waals surface area contributed by atoms with E-state index in [1.54, 1.807) is 43.7 Å². The maximum Gasteiger partial charge on any atom is 0.256 e. The second-order valence-corrected chi connectivity index (χ2v) is 7.14. The largest absolute Gasteiger partial charge is 0.345 e. The molecule has 104 valence electrons. The highest BCUT2D eigenvalue weighted by atomic mass is 127. The molecule has 0 fully saturated rings. The third-order valence-corrected chi connectivity index (χ3v) is 4.43. The average Bonchev–Trinajstić information content (AvgIpc) is 2.85. The third-order valence-electron chi connectivity index (χ3n) is 2.64. The first-order valence-corrected chi connectivity index (χ1v) is 7.81. The second-order valence-electron chi connectivity index (χ2n) is 4.34. The fourth-order valence-corrected chi connectivity index (χ4v) is 2.97. The summed E-state index contributed by atoms with van der Waals surface area (Å²) >= 11 is 3.68. The Morgan fingerprint density at radius 2 is 1.95 bits per heavy atom. The standard InChI is InChI=1S/C14H13IN2O2S/c1-17(2)14(19)10-5-3-4-6-11(10)16-13(18)9-7-12(15)20-8-9/h3-8H,1-2H3,(H,16,18). The molecule has 1 N–H and O–H groups in total. The Kier molecular flexibility index (Phi) is 4.77. The highest BCUT2D eigenvalue weighted by molar-refractivity contribution is 14.1. The second kappa shape index (κ2) is 6.36. The van der Waals surface area contributed by atoms with Crippen LogP contribution in [-0.4, -0.2) is 30.8 Å². The minimum atomic E-state index is -0.205. The van der Waals surface area contributed by atoms with Crippen LogP contribution in [-0.2, 0) is 0 Å². The van der Waals surface area contributed by atoms with Crippen molar-refractivity contribution in [3.8, 4) is 0 Å². The summed E-state index contributed by atoms with van der Waals surface area (Å²) in [5, 5.41) is 4.59. The lowest BCUT2D eigenvalue weighted by Gasteiger charge is -2.14. The van der Waals surface area contributed by atoms with Crippen LogP contribution in [0.3, 0.4) is 0 Å². The molecule has 20 heavy (non-hydrogen) atoms. The zero-order valence-corrected chi connectivity index (χ0v) is 14.0. The zero-order chi connectivity index (χ0) is 14.7. The van der Waals surface area contributed by atoms with E-state index in [2.05, 4.69) is 27.9 Å². The van der Waals surface area contributed by atoms with Crippen LogP contribution in [0.2, 0.25) is 0 Å². The molecule has 0 saturated carbocycles. The predicted octanol–water partition coefficient (Wildman–Crippen LogP) is 3.31. The molecule has 2 aromatic rings. The van der Waals surface area contributed by atoms with Gasteiger partial charge in [0.2, 0.25) is 0 Å². The first kappa shape index (κ1) is 15.0. The summed E-state index contributed by atoms with van der Waals surface area (Å²) in [6.07, 6.45) is 0. The summed E-state index contributed by atoms with van der Waals surface area (Å²) in [4.78, 5) is 25.7. The normalized spacial score (nSPS) is 10.2. The van der Waals surface area contributed by atoms with E-state index in [0.717, 1.165) is 2.88 Å². The molecule has 0 atom stereocenters. The number of nitrogens with one attached hydrogen (secondary N) is 1. The lowest BCUT2D eigenvalue weighted by Crippen LogP contribution is -2.24. The number of hydrogen-bond acceptors (Lipinski definition) is 3. The van der Waals surface area contributed by atoms with Crippen molar-refractivity contribution in [1.29, 1.82) is 0 Å². The summed E-state index contributed by atoms with van der Waals surface area (Å²) in [6.45, 7) is 0. The van der Waals surface area contributed by atoms with Gasteiger partial charge in [-0.05, 0) is 40.8 Å². The Bertz CT molecular complexity index is 652. The van der Waals surface area contributed by atoms with Gasteiger partial charge in [-0.15, -0.1) is 11.3 Å². The first-order chi connectivity index (χ1) is 9.49. The number of carbonyl (C=O) groups excluding carboxylic acids is 2. The lowest BCUT2D eigenvalue weighted by atomic mass is 10.1. The van der Waals surface area contributed by atoms with Crippen molar-refractivity contribution in [2.24, 2.45) is 0 Å². The van der Waals surface area contributed by atoms with Crippen LogP contribution in [0.1, 0.15) is 20.7 Å². The van der Waals surface area contributed by atoms with Gasteiger partial charge in [-0.2, -0.15) is 0 Å². The molecule has 0 saturated heterocycles. The molecule has 1 heterocycles. The Balaban J connectivity index is 2.26. The van der Waals surface area contributed by atoms with E-state index in [-0.39, 0.29) is 11.8 Å². The number of nitrogens with zero attached hydrogens (tertiary/aromatic N) is 1. The molecule has 6 heteroatoms. The number of hydrogen-bond donors (Lipinski definition) is 1. The topological polar surface area (TPSA) is 49.4 Å². The molecule has 1 aromatic heterocycles. The van der Waals surface area contributed by atoms with Crippen LogP contribution in [0.15, 0.2) is 35.7 Å². The van der Waals surface area contributed by atoms with Crippen LogP contribution < -0.4 is 5.32 Å². The van der Waals surface area contributed by atoms with Gasteiger partial charge in [-0.3, -0.25) is 9.59 Å². The highest BCUT2D eigenvalue weighted by Crippen LogP contribution is 2.20. The van der Waals surface area contributed by atoms with E-state index < -0.39 is 0 Å². The molecule has 0 aliphatic heterocycles.